The van der Waals surface area contributed by atoms with Crippen molar-refractivity contribution in [3.63, 3.8) is 0 Å². The second-order valence-electron chi connectivity index (χ2n) is 4.15. The predicted molar refractivity (Wildman–Crippen MR) is 73.3 cm³/mol. The number of rotatable bonds is 6. The molecule has 0 aromatic heterocycles. The molecule has 1 N–H and O–H groups in total. The van der Waals surface area contributed by atoms with Crippen molar-refractivity contribution in [1.82, 2.24) is 0 Å². The van der Waals surface area contributed by atoms with Crippen LogP contribution in [0.4, 0.5) is 5.69 Å². The van der Waals surface area contributed by atoms with Crippen molar-refractivity contribution in [3.05, 3.63) is 22.7 Å². The van der Waals surface area contributed by atoms with E-state index in [2.05, 4.69) is 41.2 Å². The Bertz CT molecular complexity index is 328. The zero-order valence-electron chi connectivity index (χ0n) is 10.2. The maximum absolute atomic E-state index is 5.22. The van der Waals surface area contributed by atoms with Crippen molar-refractivity contribution in [2.75, 3.05) is 19.0 Å². The van der Waals surface area contributed by atoms with Crippen molar-refractivity contribution in [3.8, 4) is 5.75 Å². The molecule has 0 radical (unpaired) electrons. The summed E-state index contributed by atoms with van der Waals surface area (Å²) in [6.45, 7) is 5.50. The van der Waals surface area contributed by atoms with Gasteiger partial charge in [0.15, 0.2) is 0 Å². The first-order valence-corrected chi connectivity index (χ1v) is 6.53. The van der Waals surface area contributed by atoms with Gasteiger partial charge in [-0.25, -0.2) is 0 Å². The minimum atomic E-state index is 0.704. The summed E-state index contributed by atoms with van der Waals surface area (Å²) in [5.41, 5.74) is 1.11. The first-order chi connectivity index (χ1) is 7.65. The molecule has 0 heterocycles. The smallest absolute Gasteiger partial charge is 0.122 e. The molecule has 0 fully saturated rings. The van der Waals surface area contributed by atoms with Crippen LogP contribution >= 0.6 is 15.9 Å². The van der Waals surface area contributed by atoms with Crippen LogP contribution in [0.25, 0.3) is 0 Å². The molecule has 16 heavy (non-hydrogen) atoms. The molecular weight excluding hydrogens is 266 g/mol. The van der Waals surface area contributed by atoms with Gasteiger partial charge in [-0.15, -0.1) is 0 Å². The van der Waals surface area contributed by atoms with Crippen LogP contribution in [0.2, 0.25) is 0 Å². The van der Waals surface area contributed by atoms with E-state index in [-0.39, 0.29) is 0 Å². The quantitative estimate of drug-likeness (QED) is 0.841. The molecular formula is C13H20BrNO. The van der Waals surface area contributed by atoms with Crippen molar-refractivity contribution in [1.29, 1.82) is 0 Å². The topological polar surface area (TPSA) is 21.3 Å². The van der Waals surface area contributed by atoms with Crippen molar-refractivity contribution in [2.45, 2.75) is 26.7 Å². The highest BCUT2D eigenvalue weighted by Crippen LogP contribution is 2.24. The Morgan fingerprint density at radius 3 is 2.75 bits per heavy atom. The lowest BCUT2D eigenvalue weighted by Gasteiger charge is -2.13. The molecule has 0 saturated carbocycles. The highest BCUT2D eigenvalue weighted by atomic mass is 79.9. The third kappa shape index (κ3) is 4.44. The zero-order valence-corrected chi connectivity index (χ0v) is 11.8. The number of methoxy groups -OCH3 is 1. The van der Waals surface area contributed by atoms with Crippen molar-refractivity contribution >= 4 is 21.6 Å². The monoisotopic (exact) mass is 285 g/mol. The molecule has 3 heteroatoms. The second-order valence-corrected chi connectivity index (χ2v) is 5.07. The van der Waals surface area contributed by atoms with Crippen LogP contribution in [-0.2, 0) is 0 Å². The SMILES string of the molecule is CCCC(C)CNc1cc(Br)cc(OC)c1. The first-order valence-electron chi connectivity index (χ1n) is 5.74. The molecule has 1 unspecified atom stereocenters. The molecule has 1 aromatic carbocycles. The largest absolute Gasteiger partial charge is 0.497 e. The maximum atomic E-state index is 5.22. The molecule has 2 nitrogen and oxygen atoms in total. The van der Waals surface area contributed by atoms with Gasteiger partial charge in [0.05, 0.1) is 7.11 Å². The van der Waals surface area contributed by atoms with Gasteiger partial charge in [0, 0.05) is 22.8 Å². The van der Waals surface area contributed by atoms with E-state index in [1.54, 1.807) is 7.11 Å². The standard InChI is InChI=1S/C13H20BrNO/c1-4-5-10(2)9-15-12-6-11(14)7-13(8-12)16-3/h6-8,10,15H,4-5,9H2,1-3H3. The highest BCUT2D eigenvalue weighted by molar-refractivity contribution is 9.10. The number of anilines is 1. The number of hydrogen-bond donors (Lipinski definition) is 1. The third-order valence-corrected chi connectivity index (χ3v) is 3.00. The van der Waals surface area contributed by atoms with Gasteiger partial charge in [-0.05, 0) is 24.5 Å². The Labute approximate surface area is 107 Å². The average Bonchev–Trinajstić information content (AvgIpc) is 2.26. The van der Waals surface area contributed by atoms with Crippen LogP contribution in [0.5, 0.6) is 5.75 Å². The molecule has 1 aromatic rings. The molecule has 0 saturated heterocycles. The molecule has 0 aliphatic carbocycles. The minimum Gasteiger partial charge on any atom is -0.497 e. The molecule has 90 valence electrons. The number of halogens is 1. The normalized spacial score (nSPS) is 12.2. The van der Waals surface area contributed by atoms with E-state index in [9.17, 15) is 0 Å². The van der Waals surface area contributed by atoms with Gasteiger partial charge in [0.2, 0.25) is 0 Å². The lowest BCUT2D eigenvalue weighted by molar-refractivity contribution is 0.414. The Balaban J connectivity index is 2.56. The second kappa shape index (κ2) is 6.79. The summed E-state index contributed by atoms with van der Waals surface area (Å²) in [4.78, 5) is 0. The number of nitrogens with one attached hydrogen (secondary N) is 1. The molecule has 0 spiro atoms. The van der Waals surface area contributed by atoms with Gasteiger partial charge >= 0.3 is 0 Å². The summed E-state index contributed by atoms with van der Waals surface area (Å²) < 4.78 is 6.26. The molecule has 1 rings (SSSR count). The Kier molecular flexibility index (Phi) is 5.67. The van der Waals surface area contributed by atoms with E-state index >= 15 is 0 Å². The number of benzene rings is 1. The lowest BCUT2D eigenvalue weighted by atomic mass is 10.1. The van der Waals surface area contributed by atoms with Gasteiger partial charge in [-0.1, -0.05) is 36.2 Å². The van der Waals surface area contributed by atoms with Gasteiger partial charge in [0.1, 0.15) is 5.75 Å². The van der Waals surface area contributed by atoms with Crippen molar-refractivity contribution < 1.29 is 4.74 Å². The van der Waals surface area contributed by atoms with Crippen LogP contribution in [-0.4, -0.2) is 13.7 Å². The molecule has 0 aliphatic heterocycles. The van der Waals surface area contributed by atoms with E-state index in [0.29, 0.717) is 5.92 Å². The van der Waals surface area contributed by atoms with E-state index < -0.39 is 0 Å². The summed E-state index contributed by atoms with van der Waals surface area (Å²) in [6.07, 6.45) is 2.50. The molecule has 0 aliphatic rings. The Morgan fingerprint density at radius 1 is 1.38 bits per heavy atom. The summed E-state index contributed by atoms with van der Waals surface area (Å²) in [7, 11) is 1.69. The Hall–Kier alpha value is -0.700. The number of hydrogen-bond acceptors (Lipinski definition) is 2. The van der Waals surface area contributed by atoms with E-state index in [1.165, 1.54) is 12.8 Å². The van der Waals surface area contributed by atoms with E-state index in [1.807, 2.05) is 12.1 Å². The summed E-state index contributed by atoms with van der Waals surface area (Å²) in [5.74, 6) is 1.58. The van der Waals surface area contributed by atoms with Gasteiger partial charge < -0.3 is 10.1 Å². The van der Waals surface area contributed by atoms with Gasteiger partial charge in [-0.3, -0.25) is 0 Å². The lowest BCUT2D eigenvalue weighted by Crippen LogP contribution is -2.10. The highest BCUT2D eigenvalue weighted by Gasteiger charge is 2.02. The van der Waals surface area contributed by atoms with Crippen LogP contribution in [0.1, 0.15) is 26.7 Å². The van der Waals surface area contributed by atoms with Gasteiger partial charge in [-0.2, -0.15) is 0 Å². The molecule has 0 bridgehead atoms. The fourth-order valence-electron chi connectivity index (χ4n) is 1.67. The van der Waals surface area contributed by atoms with Crippen LogP contribution < -0.4 is 10.1 Å². The zero-order chi connectivity index (χ0) is 12.0. The maximum Gasteiger partial charge on any atom is 0.122 e. The fraction of sp³-hybridized carbons (Fsp3) is 0.538. The van der Waals surface area contributed by atoms with Crippen LogP contribution in [0.3, 0.4) is 0 Å². The van der Waals surface area contributed by atoms with Crippen molar-refractivity contribution in [2.24, 2.45) is 5.92 Å². The fourth-order valence-corrected chi connectivity index (χ4v) is 2.14. The van der Waals surface area contributed by atoms with E-state index in [4.69, 9.17) is 4.74 Å². The van der Waals surface area contributed by atoms with E-state index in [0.717, 1.165) is 22.5 Å². The molecule has 0 amide bonds. The first kappa shape index (κ1) is 13.4. The third-order valence-electron chi connectivity index (χ3n) is 2.54. The number of ether oxygens (including phenoxy) is 1. The molecule has 1 atom stereocenters. The average molecular weight is 286 g/mol. The van der Waals surface area contributed by atoms with Gasteiger partial charge in [0.25, 0.3) is 0 Å². The summed E-state index contributed by atoms with van der Waals surface area (Å²) in [5, 5.41) is 3.43. The Morgan fingerprint density at radius 2 is 2.12 bits per heavy atom. The van der Waals surface area contributed by atoms with Crippen LogP contribution in [0.15, 0.2) is 22.7 Å². The summed E-state index contributed by atoms with van der Waals surface area (Å²) in [6, 6.07) is 6.05. The predicted octanol–water partition coefficient (Wildman–Crippen LogP) is 4.31. The summed E-state index contributed by atoms with van der Waals surface area (Å²) >= 11 is 3.47. The van der Waals surface area contributed by atoms with Crippen LogP contribution in [0, 0.1) is 5.92 Å². The minimum absolute atomic E-state index is 0.704.